The maximum absolute atomic E-state index is 9.25. The van der Waals surface area contributed by atoms with Crippen LogP contribution in [-0.2, 0) is 13.7 Å². The van der Waals surface area contributed by atoms with E-state index in [1.165, 1.54) is 0 Å². The fourth-order valence-electron chi connectivity index (χ4n) is 1.85. The zero-order valence-corrected chi connectivity index (χ0v) is 11.0. The Kier molecular flexibility index (Phi) is 3.17. The van der Waals surface area contributed by atoms with Crippen LogP contribution in [-0.4, -0.2) is 9.67 Å². The van der Waals surface area contributed by atoms with Gasteiger partial charge in [-0.15, -0.1) is 0 Å². The van der Waals surface area contributed by atoms with Crippen molar-refractivity contribution in [3.63, 3.8) is 0 Å². The van der Waals surface area contributed by atoms with Crippen molar-refractivity contribution in [3.05, 3.63) is 46.1 Å². The number of aromatic nitrogens is 1. The van der Waals surface area contributed by atoms with Gasteiger partial charge in [0, 0.05) is 28.5 Å². The van der Waals surface area contributed by atoms with Crippen LogP contribution >= 0.6 is 15.9 Å². The Labute approximate surface area is 104 Å². The lowest BCUT2D eigenvalue weighted by Crippen LogP contribution is -1.95. The Morgan fingerprint density at radius 2 is 2.00 bits per heavy atom. The summed E-state index contributed by atoms with van der Waals surface area (Å²) in [5.41, 5.74) is 4.35. The first kappa shape index (κ1) is 11.4. The molecule has 0 aliphatic carbocycles. The third-order valence-corrected chi connectivity index (χ3v) is 3.65. The van der Waals surface area contributed by atoms with Crippen molar-refractivity contribution < 1.29 is 5.11 Å². The lowest BCUT2D eigenvalue weighted by Gasteiger charge is -2.07. The van der Waals surface area contributed by atoms with Gasteiger partial charge in [0.25, 0.3) is 0 Å². The van der Waals surface area contributed by atoms with E-state index in [0.29, 0.717) is 0 Å². The molecule has 0 radical (unpaired) electrons. The van der Waals surface area contributed by atoms with E-state index in [1.807, 2.05) is 38.2 Å². The van der Waals surface area contributed by atoms with Crippen molar-refractivity contribution >= 4 is 15.9 Å². The molecular formula is C13H14BrNO. The Bertz CT molecular complexity index is 517. The quantitative estimate of drug-likeness (QED) is 0.897. The molecule has 1 N–H and O–H groups in total. The highest BCUT2D eigenvalue weighted by Crippen LogP contribution is 2.30. The number of rotatable bonds is 2. The minimum absolute atomic E-state index is 0.0874. The van der Waals surface area contributed by atoms with Gasteiger partial charge >= 0.3 is 0 Å². The zero-order valence-electron chi connectivity index (χ0n) is 9.37. The summed E-state index contributed by atoms with van der Waals surface area (Å²) in [6.45, 7) is 2.11. The molecule has 0 aliphatic rings. The van der Waals surface area contributed by atoms with E-state index in [9.17, 15) is 5.11 Å². The number of hydrogen-bond donors (Lipinski definition) is 1. The molecule has 0 saturated heterocycles. The molecule has 0 bridgehead atoms. The van der Waals surface area contributed by atoms with Gasteiger partial charge in [-0.3, -0.25) is 0 Å². The normalized spacial score (nSPS) is 10.8. The molecule has 2 rings (SSSR count). The van der Waals surface area contributed by atoms with Crippen LogP contribution < -0.4 is 0 Å². The van der Waals surface area contributed by atoms with E-state index in [0.717, 1.165) is 27.0 Å². The smallest absolute Gasteiger partial charge is 0.0699 e. The molecule has 0 fully saturated rings. The van der Waals surface area contributed by atoms with Crippen molar-refractivity contribution in [1.29, 1.82) is 0 Å². The van der Waals surface area contributed by atoms with Gasteiger partial charge in [0.1, 0.15) is 0 Å². The van der Waals surface area contributed by atoms with Crippen LogP contribution in [0.25, 0.3) is 11.3 Å². The molecule has 0 atom stereocenters. The van der Waals surface area contributed by atoms with Gasteiger partial charge in [0.2, 0.25) is 0 Å². The van der Waals surface area contributed by atoms with Gasteiger partial charge in [-0.2, -0.15) is 0 Å². The van der Waals surface area contributed by atoms with Gasteiger partial charge in [-0.25, -0.2) is 0 Å². The van der Waals surface area contributed by atoms with E-state index in [4.69, 9.17) is 0 Å². The molecule has 0 spiro atoms. The van der Waals surface area contributed by atoms with Gasteiger partial charge in [0.15, 0.2) is 0 Å². The molecular weight excluding hydrogens is 266 g/mol. The molecule has 1 heterocycles. The summed E-state index contributed by atoms with van der Waals surface area (Å²) < 4.78 is 3.17. The zero-order chi connectivity index (χ0) is 11.7. The third-order valence-electron chi connectivity index (χ3n) is 2.96. The minimum Gasteiger partial charge on any atom is -0.392 e. The summed E-state index contributed by atoms with van der Waals surface area (Å²) in [6.07, 6.45) is 0. The fraction of sp³-hybridized carbons (Fsp3) is 0.231. The predicted molar refractivity (Wildman–Crippen MR) is 69.2 cm³/mol. The summed E-state index contributed by atoms with van der Waals surface area (Å²) in [5, 5.41) is 9.25. The van der Waals surface area contributed by atoms with Crippen molar-refractivity contribution in [2.45, 2.75) is 13.5 Å². The molecule has 16 heavy (non-hydrogen) atoms. The van der Waals surface area contributed by atoms with Crippen molar-refractivity contribution in [3.8, 4) is 11.3 Å². The lowest BCUT2D eigenvalue weighted by molar-refractivity contribution is 0.281. The average molecular weight is 280 g/mol. The van der Waals surface area contributed by atoms with Crippen LogP contribution in [0, 0.1) is 6.92 Å². The summed E-state index contributed by atoms with van der Waals surface area (Å²) in [7, 11) is 2.02. The molecule has 84 valence electrons. The Balaban J connectivity index is 2.61. The van der Waals surface area contributed by atoms with Gasteiger partial charge < -0.3 is 9.67 Å². The number of aliphatic hydroxyl groups excluding tert-OH is 1. The summed E-state index contributed by atoms with van der Waals surface area (Å²) in [6, 6.07) is 10.1. The fourth-order valence-corrected chi connectivity index (χ4v) is 2.34. The van der Waals surface area contributed by atoms with Gasteiger partial charge in [-0.1, -0.05) is 34.1 Å². The van der Waals surface area contributed by atoms with Gasteiger partial charge in [-0.05, 0) is 24.6 Å². The Morgan fingerprint density at radius 3 is 2.56 bits per heavy atom. The lowest BCUT2D eigenvalue weighted by atomic mass is 10.1. The highest BCUT2D eigenvalue weighted by atomic mass is 79.9. The SMILES string of the molecule is Cc1c(CO)cc(-c2ccccc2Br)n1C. The molecule has 1 aromatic heterocycles. The molecule has 0 aliphatic heterocycles. The monoisotopic (exact) mass is 279 g/mol. The highest BCUT2D eigenvalue weighted by Gasteiger charge is 2.11. The molecule has 2 nitrogen and oxygen atoms in total. The standard InChI is InChI=1S/C13H14BrNO/c1-9-10(8-16)7-13(15(9)2)11-5-3-4-6-12(11)14/h3-7,16H,8H2,1-2H3. The molecule has 0 unspecified atom stereocenters. The predicted octanol–water partition coefficient (Wildman–Crippen LogP) is 3.26. The molecule has 0 saturated carbocycles. The number of hydrogen-bond acceptors (Lipinski definition) is 1. The van der Waals surface area contributed by atoms with Gasteiger partial charge in [0.05, 0.1) is 6.61 Å². The van der Waals surface area contributed by atoms with Crippen LogP contribution in [0.5, 0.6) is 0 Å². The second kappa shape index (κ2) is 4.44. The first-order valence-corrected chi connectivity index (χ1v) is 5.95. The maximum atomic E-state index is 9.25. The van der Waals surface area contributed by atoms with Crippen molar-refractivity contribution in [2.75, 3.05) is 0 Å². The molecule has 0 amide bonds. The summed E-state index contributed by atoms with van der Waals surface area (Å²) >= 11 is 3.55. The molecule has 3 heteroatoms. The first-order chi connectivity index (χ1) is 7.65. The van der Waals surface area contributed by atoms with E-state index < -0.39 is 0 Å². The van der Waals surface area contributed by atoms with Crippen LogP contribution in [0.4, 0.5) is 0 Å². The number of aliphatic hydroxyl groups is 1. The number of halogens is 1. The van der Waals surface area contributed by atoms with Crippen molar-refractivity contribution in [2.24, 2.45) is 7.05 Å². The number of benzene rings is 1. The van der Waals surface area contributed by atoms with Crippen molar-refractivity contribution in [1.82, 2.24) is 4.57 Å². The van der Waals surface area contributed by atoms with Crippen LogP contribution in [0.2, 0.25) is 0 Å². The summed E-state index contributed by atoms with van der Waals surface area (Å²) in [5.74, 6) is 0. The highest BCUT2D eigenvalue weighted by molar-refractivity contribution is 9.10. The second-order valence-electron chi connectivity index (χ2n) is 3.84. The largest absolute Gasteiger partial charge is 0.392 e. The van der Waals surface area contributed by atoms with Crippen LogP contribution in [0.15, 0.2) is 34.8 Å². The summed E-state index contributed by atoms with van der Waals surface area (Å²) in [4.78, 5) is 0. The molecule has 1 aromatic carbocycles. The molecule has 2 aromatic rings. The topological polar surface area (TPSA) is 25.2 Å². The van der Waals surface area contributed by atoms with Crippen LogP contribution in [0.1, 0.15) is 11.3 Å². The van der Waals surface area contributed by atoms with E-state index in [-0.39, 0.29) is 6.61 Å². The maximum Gasteiger partial charge on any atom is 0.0699 e. The van der Waals surface area contributed by atoms with Crippen LogP contribution in [0.3, 0.4) is 0 Å². The first-order valence-electron chi connectivity index (χ1n) is 5.16. The second-order valence-corrected chi connectivity index (χ2v) is 4.69. The van der Waals surface area contributed by atoms with E-state index in [1.54, 1.807) is 0 Å². The van der Waals surface area contributed by atoms with E-state index >= 15 is 0 Å². The average Bonchev–Trinajstić information content (AvgIpc) is 2.57. The third kappa shape index (κ3) is 1.81. The Morgan fingerprint density at radius 1 is 1.31 bits per heavy atom. The van der Waals surface area contributed by atoms with E-state index in [2.05, 4.69) is 26.6 Å². The minimum atomic E-state index is 0.0874. The Hall–Kier alpha value is -1.06. The number of nitrogens with zero attached hydrogens (tertiary/aromatic N) is 1.